The first-order valence-electron chi connectivity index (χ1n) is 11.6. The maximum Gasteiger partial charge on any atom is 0.0865 e. The van der Waals surface area contributed by atoms with Gasteiger partial charge in [-0.1, -0.05) is 86.3 Å². The van der Waals surface area contributed by atoms with Gasteiger partial charge in [0.15, 0.2) is 0 Å². The second-order valence-corrected chi connectivity index (χ2v) is 9.17. The van der Waals surface area contributed by atoms with Crippen molar-refractivity contribution < 1.29 is 0 Å². The van der Waals surface area contributed by atoms with Crippen LogP contribution in [0.5, 0.6) is 0 Å². The Morgan fingerprint density at radius 2 is 1.70 bits per heavy atom. The monoisotopic (exact) mass is 422 g/mol. The van der Waals surface area contributed by atoms with Crippen molar-refractivity contribution >= 4 is 11.6 Å². The highest BCUT2D eigenvalue weighted by Crippen LogP contribution is 2.46. The highest BCUT2D eigenvalue weighted by molar-refractivity contribution is 6.31. The van der Waals surface area contributed by atoms with Gasteiger partial charge in [0, 0.05) is 11.6 Å². The Kier molecular flexibility index (Phi) is 8.79. The second-order valence-electron chi connectivity index (χ2n) is 8.76. The summed E-state index contributed by atoms with van der Waals surface area (Å²) in [5.41, 5.74) is 1.94. The lowest BCUT2D eigenvalue weighted by molar-refractivity contribution is 0.211. The number of hydrogen-bond donors (Lipinski definition) is 0. The molecule has 3 heteroatoms. The molecule has 1 saturated carbocycles. The predicted molar refractivity (Wildman–Crippen MR) is 127 cm³/mol. The first kappa shape index (κ1) is 22.9. The second kappa shape index (κ2) is 11.5. The lowest BCUT2D eigenvalue weighted by atomic mass is 9.63. The molecule has 0 amide bonds. The fourth-order valence-electron chi connectivity index (χ4n) is 5.19. The first-order chi connectivity index (χ1) is 14.7. The summed E-state index contributed by atoms with van der Waals surface area (Å²) >= 11 is 6.64. The van der Waals surface area contributed by atoms with Crippen molar-refractivity contribution in [1.82, 2.24) is 4.90 Å². The highest BCUT2D eigenvalue weighted by atomic mass is 35.5. The van der Waals surface area contributed by atoms with Crippen LogP contribution in [0, 0.1) is 17.2 Å². The van der Waals surface area contributed by atoms with Crippen LogP contribution in [0.25, 0.3) is 0 Å². The molecule has 1 aliphatic carbocycles. The van der Waals surface area contributed by atoms with Crippen LogP contribution in [0.15, 0.2) is 54.6 Å². The van der Waals surface area contributed by atoms with E-state index in [4.69, 9.17) is 11.6 Å². The van der Waals surface area contributed by atoms with Crippen LogP contribution in [0.4, 0.5) is 0 Å². The molecule has 0 bridgehead atoms. The Hall–Kier alpha value is -1.82. The van der Waals surface area contributed by atoms with Crippen LogP contribution < -0.4 is 0 Å². The highest BCUT2D eigenvalue weighted by Gasteiger charge is 2.42. The molecule has 0 spiro atoms. The Labute approximate surface area is 187 Å². The molecule has 0 N–H and O–H groups in total. The summed E-state index contributed by atoms with van der Waals surface area (Å²) in [7, 11) is 0. The van der Waals surface area contributed by atoms with Crippen molar-refractivity contribution in [2.75, 3.05) is 13.1 Å². The Bertz CT molecular complexity index is 807. The van der Waals surface area contributed by atoms with Crippen molar-refractivity contribution in [3.05, 3.63) is 70.7 Å². The molecule has 0 heterocycles. The van der Waals surface area contributed by atoms with E-state index in [0.717, 1.165) is 62.3 Å². The molecular formula is C27H35ClN2. The fraction of sp³-hybridized carbons (Fsp3) is 0.519. The molecule has 0 radical (unpaired) electrons. The summed E-state index contributed by atoms with van der Waals surface area (Å²) in [6.45, 7) is 5.32. The molecule has 160 valence electrons. The third kappa shape index (κ3) is 5.65. The van der Waals surface area contributed by atoms with Gasteiger partial charge in [0.1, 0.15) is 0 Å². The number of nitriles is 1. The molecule has 2 aromatic rings. The van der Waals surface area contributed by atoms with Gasteiger partial charge in [-0.15, -0.1) is 0 Å². The number of rotatable bonds is 10. The van der Waals surface area contributed by atoms with Gasteiger partial charge < -0.3 is 0 Å². The van der Waals surface area contributed by atoms with Crippen LogP contribution in [0.2, 0.25) is 5.02 Å². The number of nitrogens with zero attached hydrogens (tertiary/aromatic N) is 2. The van der Waals surface area contributed by atoms with Crippen molar-refractivity contribution in [1.29, 1.82) is 5.26 Å². The molecule has 2 nitrogen and oxygen atoms in total. The molecule has 1 unspecified atom stereocenters. The lowest BCUT2D eigenvalue weighted by Gasteiger charge is -2.39. The van der Waals surface area contributed by atoms with E-state index in [1.165, 1.54) is 24.8 Å². The standard InChI is InChI=1S/C27H35ClN2/c1-2-19-30(21-23-12-5-3-6-13-23)20-11-18-27(22-29,24-14-7-4-8-15-24)25-16-9-10-17-26(25)28/h3,5-6,9-10,12-13,16-17,24H,2,4,7-8,11,14-15,18-21H2,1H3. The van der Waals surface area contributed by atoms with Crippen LogP contribution in [-0.2, 0) is 12.0 Å². The van der Waals surface area contributed by atoms with E-state index >= 15 is 0 Å². The zero-order valence-electron chi connectivity index (χ0n) is 18.3. The fourth-order valence-corrected chi connectivity index (χ4v) is 5.50. The van der Waals surface area contributed by atoms with Gasteiger partial charge in [-0.05, 0) is 68.3 Å². The van der Waals surface area contributed by atoms with Gasteiger partial charge in [0.25, 0.3) is 0 Å². The molecule has 0 aromatic heterocycles. The van der Waals surface area contributed by atoms with E-state index in [2.05, 4.69) is 54.3 Å². The summed E-state index contributed by atoms with van der Waals surface area (Å²) in [4.78, 5) is 2.53. The van der Waals surface area contributed by atoms with E-state index in [1.807, 2.05) is 18.2 Å². The van der Waals surface area contributed by atoms with E-state index in [0.29, 0.717) is 5.92 Å². The quantitative estimate of drug-likeness (QED) is 0.399. The Balaban J connectivity index is 1.75. The summed E-state index contributed by atoms with van der Waals surface area (Å²) in [5, 5.41) is 11.2. The minimum Gasteiger partial charge on any atom is -0.299 e. The van der Waals surface area contributed by atoms with E-state index in [-0.39, 0.29) is 0 Å². The van der Waals surface area contributed by atoms with E-state index in [1.54, 1.807) is 0 Å². The van der Waals surface area contributed by atoms with E-state index in [9.17, 15) is 5.26 Å². The smallest absolute Gasteiger partial charge is 0.0865 e. The van der Waals surface area contributed by atoms with Gasteiger partial charge in [-0.2, -0.15) is 5.26 Å². The van der Waals surface area contributed by atoms with Gasteiger partial charge in [-0.25, -0.2) is 0 Å². The van der Waals surface area contributed by atoms with Gasteiger partial charge in [0.2, 0.25) is 0 Å². The average Bonchev–Trinajstić information content (AvgIpc) is 2.79. The molecular weight excluding hydrogens is 388 g/mol. The summed E-state index contributed by atoms with van der Waals surface area (Å²) < 4.78 is 0. The van der Waals surface area contributed by atoms with Gasteiger partial charge in [0.05, 0.1) is 11.5 Å². The summed E-state index contributed by atoms with van der Waals surface area (Å²) in [6.07, 6.45) is 9.08. The minimum absolute atomic E-state index is 0.407. The molecule has 2 aromatic carbocycles. The molecule has 1 aliphatic rings. The lowest BCUT2D eigenvalue weighted by Crippen LogP contribution is -2.37. The van der Waals surface area contributed by atoms with Crippen LogP contribution in [-0.4, -0.2) is 18.0 Å². The summed E-state index contributed by atoms with van der Waals surface area (Å²) in [6, 6.07) is 21.5. The third-order valence-electron chi connectivity index (χ3n) is 6.69. The molecule has 0 aliphatic heterocycles. The van der Waals surface area contributed by atoms with E-state index < -0.39 is 5.41 Å². The van der Waals surface area contributed by atoms with Crippen molar-refractivity contribution in [2.45, 2.75) is 70.3 Å². The maximum absolute atomic E-state index is 10.5. The SMILES string of the molecule is CCCN(CCCC(C#N)(c1ccccc1Cl)C1CCCCC1)Cc1ccccc1. The van der Waals surface area contributed by atoms with Crippen molar-refractivity contribution in [3.63, 3.8) is 0 Å². The van der Waals surface area contributed by atoms with Gasteiger partial charge in [-0.3, -0.25) is 4.90 Å². The van der Waals surface area contributed by atoms with Gasteiger partial charge >= 0.3 is 0 Å². The number of halogens is 1. The average molecular weight is 423 g/mol. The third-order valence-corrected chi connectivity index (χ3v) is 7.02. The molecule has 1 fully saturated rings. The normalized spacial score (nSPS) is 16.9. The molecule has 0 saturated heterocycles. The molecule has 3 rings (SSSR count). The summed E-state index contributed by atoms with van der Waals surface area (Å²) in [5.74, 6) is 0.407. The number of hydrogen-bond acceptors (Lipinski definition) is 2. The zero-order valence-corrected chi connectivity index (χ0v) is 19.1. The number of benzene rings is 2. The molecule has 30 heavy (non-hydrogen) atoms. The molecule has 1 atom stereocenters. The maximum atomic E-state index is 10.5. The first-order valence-corrected chi connectivity index (χ1v) is 12.0. The van der Waals surface area contributed by atoms with Crippen molar-refractivity contribution in [2.24, 2.45) is 5.92 Å². The minimum atomic E-state index is -0.469. The zero-order chi connectivity index (χ0) is 21.2. The Morgan fingerprint density at radius 3 is 2.37 bits per heavy atom. The largest absolute Gasteiger partial charge is 0.299 e. The predicted octanol–water partition coefficient (Wildman–Crippen LogP) is 7.37. The van der Waals surface area contributed by atoms with Crippen LogP contribution in [0.1, 0.15) is 69.4 Å². The topological polar surface area (TPSA) is 27.0 Å². The van der Waals surface area contributed by atoms with Crippen LogP contribution in [0.3, 0.4) is 0 Å². The Morgan fingerprint density at radius 1 is 1.00 bits per heavy atom. The van der Waals surface area contributed by atoms with Crippen LogP contribution >= 0.6 is 11.6 Å². The van der Waals surface area contributed by atoms with Crippen molar-refractivity contribution in [3.8, 4) is 6.07 Å².